The van der Waals surface area contributed by atoms with E-state index in [0.29, 0.717) is 5.56 Å². The van der Waals surface area contributed by atoms with Crippen LogP contribution < -0.4 is 10.1 Å². The highest BCUT2D eigenvalue weighted by Crippen LogP contribution is 2.29. The second kappa shape index (κ2) is 8.31. The van der Waals surface area contributed by atoms with Crippen LogP contribution in [0.25, 0.3) is 0 Å². The van der Waals surface area contributed by atoms with Crippen molar-refractivity contribution in [3.05, 3.63) is 69.8 Å². The molecule has 1 unspecified atom stereocenters. The number of nitro groups is 1. The topological polar surface area (TPSA) is 119 Å². The van der Waals surface area contributed by atoms with E-state index in [4.69, 9.17) is 4.74 Å². The van der Waals surface area contributed by atoms with Crippen LogP contribution >= 0.6 is 0 Å². The van der Waals surface area contributed by atoms with Crippen molar-refractivity contribution in [2.75, 3.05) is 13.7 Å². The molecule has 8 heteroatoms. The van der Waals surface area contributed by atoms with Gasteiger partial charge < -0.3 is 15.2 Å². The molecule has 0 aromatic heterocycles. The van der Waals surface area contributed by atoms with Crippen molar-refractivity contribution in [3.8, 4) is 5.75 Å². The van der Waals surface area contributed by atoms with Crippen LogP contribution in [0, 0.1) is 10.1 Å². The second-order valence-corrected chi connectivity index (χ2v) is 5.93. The lowest BCUT2D eigenvalue weighted by Gasteiger charge is -2.29. The minimum absolute atomic E-state index is 0.0456. The summed E-state index contributed by atoms with van der Waals surface area (Å²) in [5.74, 6) is -1.63. The first-order chi connectivity index (χ1) is 12.9. The number of ether oxygens (including phenoxy) is 1. The molecule has 0 radical (unpaired) electrons. The first-order valence-electron chi connectivity index (χ1n) is 8.25. The van der Waals surface area contributed by atoms with Crippen molar-refractivity contribution in [3.63, 3.8) is 0 Å². The number of nitrogens with zero attached hydrogens (tertiary/aromatic N) is 1. The molecule has 0 saturated carbocycles. The molecule has 0 aliphatic carbocycles. The lowest BCUT2D eigenvalue weighted by atomic mass is 9.78. The predicted molar refractivity (Wildman–Crippen MR) is 98.0 cm³/mol. The van der Waals surface area contributed by atoms with E-state index in [2.05, 4.69) is 5.32 Å². The van der Waals surface area contributed by atoms with Crippen molar-refractivity contribution >= 4 is 17.6 Å². The highest BCUT2D eigenvalue weighted by molar-refractivity contribution is 5.95. The van der Waals surface area contributed by atoms with Gasteiger partial charge in [-0.25, -0.2) is 0 Å². The van der Waals surface area contributed by atoms with E-state index < -0.39 is 22.2 Å². The molecule has 0 aliphatic heterocycles. The van der Waals surface area contributed by atoms with Crippen LogP contribution in [0.4, 0.5) is 5.69 Å². The smallest absolute Gasteiger partial charge is 0.315 e. The van der Waals surface area contributed by atoms with E-state index in [1.54, 1.807) is 37.3 Å². The number of carbonyl (C=O) groups is 2. The van der Waals surface area contributed by atoms with E-state index in [1.807, 2.05) is 0 Å². The third-order valence-corrected chi connectivity index (χ3v) is 4.53. The van der Waals surface area contributed by atoms with Gasteiger partial charge in [0.15, 0.2) is 5.75 Å². The summed E-state index contributed by atoms with van der Waals surface area (Å²) in [6.45, 7) is 1.61. The Hall–Kier alpha value is -3.42. The largest absolute Gasteiger partial charge is 0.490 e. The summed E-state index contributed by atoms with van der Waals surface area (Å²) in [6, 6.07) is 12.4. The van der Waals surface area contributed by atoms with Gasteiger partial charge in [-0.15, -0.1) is 0 Å². The number of nitro benzene ring substituents is 1. The van der Waals surface area contributed by atoms with Crippen LogP contribution in [0.5, 0.6) is 5.75 Å². The Morgan fingerprint density at radius 3 is 2.41 bits per heavy atom. The molecule has 2 N–H and O–H groups in total. The van der Waals surface area contributed by atoms with E-state index in [-0.39, 0.29) is 30.0 Å². The van der Waals surface area contributed by atoms with Crippen molar-refractivity contribution in [1.82, 2.24) is 5.32 Å². The zero-order chi connectivity index (χ0) is 20.0. The minimum atomic E-state index is -1.28. The van der Waals surface area contributed by atoms with Crippen LogP contribution in [-0.2, 0) is 10.2 Å². The summed E-state index contributed by atoms with van der Waals surface area (Å²) in [4.78, 5) is 34.8. The fourth-order valence-electron chi connectivity index (χ4n) is 2.84. The maximum Gasteiger partial charge on any atom is 0.315 e. The average molecular weight is 372 g/mol. The number of aliphatic carboxylic acids is 1. The van der Waals surface area contributed by atoms with Crippen molar-refractivity contribution in [1.29, 1.82) is 0 Å². The van der Waals surface area contributed by atoms with Gasteiger partial charge in [-0.1, -0.05) is 37.3 Å². The number of rotatable bonds is 8. The molecule has 0 heterocycles. The third kappa shape index (κ3) is 4.05. The standard InChI is InChI=1S/C19H20N2O6/c1-3-19(18(23)24,14-7-5-4-6-8-14)12-20-17(22)13-9-10-15(21(25)26)16(11-13)27-2/h4-11H,3,12H2,1-2H3,(H,20,22)(H,23,24). The van der Waals surface area contributed by atoms with Gasteiger partial charge in [-0.3, -0.25) is 19.7 Å². The van der Waals surface area contributed by atoms with Gasteiger partial charge in [0.2, 0.25) is 0 Å². The summed E-state index contributed by atoms with van der Waals surface area (Å²) in [7, 11) is 1.27. The molecule has 0 saturated heterocycles. The number of methoxy groups -OCH3 is 1. The van der Waals surface area contributed by atoms with Crippen molar-refractivity contribution in [2.45, 2.75) is 18.8 Å². The molecule has 1 atom stereocenters. The van der Waals surface area contributed by atoms with Crippen LogP contribution in [0.3, 0.4) is 0 Å². The summed E-state index contributed by atoms with van der Waals surface area (Å²) < 4.78 is 4.96. The number of carbonyl (C=O) groups excluding carboxylic acids is 1. The Bertz CT molecular complexity index is 853. The lowest BCUT2D eigenvalue weighted by Crippen LogP contribution is -2.46. The predicted octanol–water partition coefficient (Wildman–Crippen LogP) is 2.77. The molecule has 0 spiro atoms. The fraction of sp³-hybridized carbons (Fsp3) is 0.263. The molecule has 0 bridgehead atoms. The van der Waals surface area contributed by atoms with Gasteiger partial charge in [-0.05, 0) is 18.1 Å². The van der Waals surface area contributed by atoms with Gasteiger partial charge in [0, 0.05) is 24.2 Å². The van der Waals surface area contributed by atoms with Crippen molar-refractivity contribution < 1.29 is 24.4 Å². The first-order valence-corrected chi connectivity index (χ1v) is 8.25. The molecule has 0 aliphatic rings. The molecule has 8 nitrogen and oxygen atoms in total. The zero-order valence-electron chi connectivity index (χ0n) is 15.0. The number of carboxylic acids is 1. The number of carboxylic acid groups (broad SMARTS) is 1. The number of benzene rings is 2. The normalized spacial score (nSPS) is 12.7. The van der Waals surface area contributed by atoms with E-state index in [1.165, 1.54) is 25.3 Å². The van der Waals surface area contributed by atoms with Gasteiger partial charge in [0.05, 0.1) is 12.0 Å². The summed E-state index contributed by atoms with van der Waals surface area (Å²) in [5, 5.41) is 23.4. The number of amides is 1. The van der Waals surface area contributed by atoms with E-state index in [0.717, 1.165) is 0 Å². The lowest BCUT2D eigenvalue weighted by molar-refractivity contribution is -0.385. The highest BCUT2D eigenvalue weighted by atomic mass is 16.6. The Morgan fingerprint density at radius 2 is 1.89 bits per heavy atom. The maximum absolute atomic E-state index is 12.5. The molecule has 27 heavy (non-hydrogen) atoms. The molecule has 142 valence electrons. The summed E-state index contributed by atoms with van der Waals surface area (Å²) in [5.41, 5.74) is -0.809. The Kier molecular flexibility index (Phi) is 6.12. The first kappa shape index (κ1) is 19.9. The highest BCUT2D eigenvalue weighted by Gasteiger charge is 2.39. The van der Waals surface area contributed by atoms with E-state index >= 15 is 0 Å². The molecular weight excluding hydrogens is 352 g/mol. The SMILES string of the molecule is CCC(CNC(=O)c1ccc([N+](=O)[O-])c(OC)c1)(C(=O)O)c1ccccc1. The quantitative estimate of drug-likeness (QED) is 0.543. The number of hydrogen-bond donors (Lipinski definition) is 2. The third-order valence-electron chi connectivity index (χ3n) is 4.53. The Balaban J connectivity index is 2.26. The molecule has 0 fully saturated rings. The molecule has 1 amide bonds. The maximum atomic E-state index is 12.5. The summed E-state index contributed by atoms with van der Waals surface area (Å²) >= 11 is 0. The Morgan fingerprint density at radius 1 is 1.22 bits per heavy atom. The molecular formula is C19H20N2O6. The number of hydrogen-bond acceptors (Lipinski definition) is 5. The van der Waals surface area contributed by atoms with Crippen LogP contribution in [0.15, 0.2) is 48.5 Å². The monoisotopic (exact) mass is 372 g/mol. The van der Waals surface area contributed by atoms with Crippen LogP contribution in [-0.4, -0.2) is 35.6 Å². The Labute approximate surface area is 155 Å². The zero-order valence-corrected chi connectivity index (χ0v) is 15.0. The molecule has 2 aromatic carbocycles. The molecule has 2 rings (SSSR count). The van der Waals surface area contributed by atoms with Crippen LogP contribution in [0.2, 0.25) is 0 Å². The minimum Gasteiger partial charge on any atom is -0.490 e. The van der Waals surface area contributed by atoms with Gasteiger partial charge in [0.1, 0.15) is 5.41 Å². The van der Waals surface area contributed by atoms with E-state index in [9.17, 15) is 24.8 Å². The molecule has 2 aromatic rings. The van der Waals surface area contributed by atoms with Gasteiger partial charge >= 0.3 is 11.7 Å². The second-order valence-electron chi connectivity index (χ2n) is 5.93. The summed E-state index contributed by atoms with van der Waals surface area (Å²) in [6.07, 6.45) is 0.274. The average Bonchev–Trinajstić information content (AvgIpc) is 2.68. The fourth-order valence-corrected chi connectivity index (χ4v) is 2.84. The number of nitrogens with one attached hydrogen (secondary N) is 1. The van der Waals surface area contributed by atoms with Crippen molar-refractivity contribution in [2.24, 2.45) is 0 Å². The van der Waals surface area contributed by atoms with Crippen LogP contribution in [0.1, 0.15) is 29.3 Å². The van der Waals surface area contributed by atoms with Gasteiger partial charge in [0.25, 0.3) is 5.91 Å². The van der Waals surface area contributed by atoms with Gasteiger partial charge in [-0.2, -0.15) is 0 Å².